The monoisotopic (exact) mass is 346 g/mol. The van der Waals surface area contributed by atoms with Gasteiger partial charge in [-0.05, 0) is 26.1 Å². The molecule has 0 aromatic carbocycles. The largest absolute Gasteiger partial charge is 0.355 e. The van der Waals surface area contributed by atoms with E-state index in [0.717, 1.165) is 21.5 Å². The predicted octanol–water partition coefficient (Wildman–Crippen LogP) is 2.73. The predicted molar refractivity (Wildman–Crippen MR) is 86.3 cm³/mol. The van der Waals surface area contributed by atoms with Gasteiger partial charge in [0.15, 0.2) is 8.29 Å². The summed E-state index contributed by atoms with van der Waals surface area (Å²) in [6, 6.07) is 0. The Labute approximate surface area is 134 Å². The van der Waals surface area contributed by atoms with E-state index in [4.69, 9.17) is 12.2 Å². The number of aromatic nitrogens is 3. The minimum absolute atomic E-state index is 0.00104. The number of rotatable bonds is 6. The lowest BCUT2D eigenvalue weighted by Crippen LogP contribution is -2.27. The Bertz CT molecular complexity index is 625. The van der Waals surface area contributed by atoms with Crippen LogP contribution in [0.4, 0.5) is 0 Å². The van der Waals surface area contributed by atoms with Gasteiger partial charge in [-0.2, -0.15) is 5.10 Å². The Hall–Kier alpha value is -0.770. The number of amides is 1. The van der Waals surface area contributed by atoms with Crippen molar-refractivity contribution in [2.24, 2.45) is 0 Å². The molecule has 5 nitrogen and oxygen atoms in total. The van der Waals surface area contributed by atoms with Gasteiger partial charge in [0.1, 0.15) is 0 Å². The van der Waals surface area contributed by atoms with Crippen molar-refractivity contribution in [3.05, 3.63) is 19.5 Å². The number of thioether (sulfide) groups is 1. The van der Waals surface area contributed by atoms with Gasteiger partial charge in [0.2, 0.25) is 5.91 Å². The molecule has 0 fully saturated rings. The first kappa shape index (κ1) is 15.6. The normalized spacial score (nSPS) is 10.7. The average Bonchev–Trinajstić information content (AvgIpc) is 2.94. The summed E-state index contributed by atoms with van der Waals surface area (Å²) in [5.74, 6) is 0.354. The molecular formula is C11H14N4OS4. The highest BCUT2D eigenvalue weighted by Gasteiger charge is 2.07. The third-order valence-corrected chi connectivity index (χ3v) is 5.84. The van der Waals surface area contributed by atoms with Crippen molar-refractivity contribution in [1.29, 1.82) is 0 Å². The van der Waals surface area contributed by atoms with Crippen LogP contribution in [0.5, 0.6) is 0 Å². The SMILES string of the molecule is Cc1nc(CCNC(=O)CSc2n[nH]c(=S)s2)sc1C. The fraction of sp³-hybridized carbons (Fsp3) is 0.455. The van der Waals surface area contributed by atoms with Gasteiger partial charge in [-0.25, -0.2) is 4.98 Å². The maximum atomic E-state index is 11.7. The molecule has 0 aliphatic rings. The molecule has 108 valence electrons. The molecule has 0 spiro atoms. The zero-order valence-electron chi connectivity index (χ0n) is 11.1. The summed E-state index contributed by atoms with van der Waals surface area (Å²) < 4.78 is 1.42. The number of H-pyrrole nitrogens is 1. The van der Waals surface area contributed by atoms with Crippen LogP contribution in [0.25, 0.3) is 0 Å². The van der Waals surface area contributed by atoms with E-state index in [1.165, 1.54) is 28.0 Å². The maximum absolute atomic E-state index is 11.7. The molecule has 1 amide bonds. The standard InChI is InChI=1S/C11H14N4OS4/c1-6-7(2)19-9(13-6)3-4-12-8(16)5-18-11-15-14-10(17)20-11/h3-5H2,1-2H3,(H,12,16)(H,14,17). The molecule has 2 aromatic heterocycles. The molecule has 0 aliphatic carbocycles. The van der Waals surface area contributed by atoms with E-state index in [1.54, 1.807) is 11.3 Å². The summed E-state index contributed by atoms with van der Waals surface area (Å²) in [6.07, 6.45) is 0.775. The highest BCUT2D eigenvalue weighted by Crippen LogP contribution is 2.19. The minimum atomic E-state index is 0.00104. The molecule has 2 heterocycles. The van der Waals surface area contributed by atoms with Gasteiger partial charge < -0.3 is 5.32 Å². The zero-order valence-corrected chi connectivity index (χ0v) is 14.3. The van der Waals surface area contributed by atoms with E-state index in [2.05, 4.69) is 27.4 Å². The number of carbonyl (C=O) groups is 1. The Kier molecular flexibility index (Phi) is 5.70. The van der Waals surface area contributed by atoms with Crippen molar-refractivity contribution in [2.75, 3.05) is 12.3 Å². The molecule has 20 heavy (non-hydrogen) atoms. The van der Waals surface area contributed by atoms with Gasteiger partial charge in [0.05, 0.1) is 16.5 Å². The van der Waals surface area contributed by atoms with Crippen LogP contribution in [-0.4, -0.2) is 33.4 Å². The first-order valence-corrected chi connectivity index (χ1v) is 8.95. The van der Waals surface area contributed by atoms with E-state index in [-0.39, 0.29) is 5.91 Å². The molecular weight excluding hydrogens is 332 g/mol. The Morgan fingerprint density at radius 3 is 2.85 bits per heavy atom. The zero-order chi connectivity index (χ0) is 14.5. The third kappa shape index (κ3) is 4.65. The molecule has 0 atom stereocenters. The van der Waals surface area contributed by atoms with Crippen LogP contribution in [0.2, 0.25) is 0 Å². The van der Waals surface area contributed by atoms with Gasteiger partial charge in [0.25, 0.3) is 0 Å². The quantitative estimate of drug-likeness (QED) is 0.622. The molecule has 0 unspecified atom stereocenters. The molecule has 2 aromatic rings. The van der Waals surface area contributed by atoms with Crippen LogP contribution in [0.1, 0.15) is 15.6 Å². The third-order valence-electron chi connectivity index (χ3n) is 2.48. The number of aryl methyl sites for hydroxylation is 2. The van der Waals surface area contributed by atoms with Gasteiger partial charge in [-0.1, -0.05) is 23.1 Å². The Balaban J connectivity index is 1.68. The Morgan fingerprint density at radius 2 is 2.25 bits per heavy atom. The van der Waals surface area contributed by atoms with E-state index in [1.807, 2.05) is 6.92 Å². The second-order valence-electron chi connectivity index (χ2n) is 4.02. The minimum Gasteiger partial charge on any atom is -0.355 e. The van der Waals surface area contributed by atoms with Crippen LogP contribution < -0.4 is 5.32 Å². The molecule has 0 saturated carbocycles. The first-order valence-electron chi connectivity index (χ1n) is 5.92. The summed E-state index contributed by atoms with van der Waals surface area (Å²) in [5.41, 5.74) is 1.08. The van der Waals surface area contributed by atoms with Crippen molar-refractivity contribution in [1.82, 2.24) is 20.5 Å². The van der Waals surface area contributed by atoms with Crippen LogP contribution in [-0.2, 0) is 11.2 Å². The van der Waals surface area contributed by atoms with Crippen molar-refractivity contribution in [2.45, 2.75) is 24.6 Å². The molecule has 9 heteroatoms. The van der Waals surface area contributed by atoms with Gasteiger partial charge >= 0.3 is 0 Å². The second-order valence-corrected chi connectivity index (χ2v) is 8.19. The number of hydrogen-bond acceptors (Lipinski definition) is 7. The summed E-state index contributed by atoms with van der Waals surface area (Å²) >= 11 is 9.38. The number of carbonyl (C=O) groups excluding carboxylic acids is 1. The van der Waals surface area contributed by atoms with Crippen molar-refractivity contribution in [3.8, 4) is 0 Å². The molecule has 0 bridgehead atoms. The highest BCUT2D eigenvalue weighted by molar-refractivity contribution is 8.01. The fourth-order valence-electron chi connectivity index (χ4n) is 1.41. The second kappa shape index (κ2) is 7.30. The maximum Gasteiger partial charge on any atom is 0.230 e. The lowest BCUT2D eigenvalue weighted by Gasteiger charge is -2.02. The van der Waals surface area contributed by atoms with Crippen molar-refractivity contribution >= 4 is 52.6 Å². The average molecular weight is 347 g/mol. The molecule has 0 saturated heterocycles. The number of hydrogen-bond donors (Lipinski definition) is 2. The van der Waals surface area contributed by atoms with E-state index >= 15 is 0 Å². The van der Waals surface area contributed by atoms with Gasteiger partial charge in [-0.3, -0.25) is 9.89 Å². The van der Waals surface area contributed by atoms with Crippen LogP contribution >= 0.6 is 46.7 Å². The molecule has 0 radical (unpaired) electrons. The number of thiazole rings is 1. The van der Waals surface area contributed by atoms with Crippen LogP contribution in [0, 0.1) is 17.8 Å². The molecule has 2 N–H and O–H groups in total. The topological polar surface area (TPSA) is 70.7 Å². The summed E-state index contributed by atoms with van der Waals surface area (Å²) in [5, 5.41) is 10.6. The summed E-state index contributed by atoms with van der Waals surface area (Å²) in [4.78, 5) is 17.4. The highest BCUT2D eigenvalue weighted by atomic mass is 32.2. The smallest absolute Gasteiger partial charge is 0.230 e. The van der Waals surface area contributed by atoms with Crippen molar-refractivity contribution < 1.29 is 4.79 Å². The molecule has 0 aliphatic heterocycles. The number of nitrogens with zero attached hydrogens (tertiary/aromatic N) is 2. The van der Waals surface area contributed by atoms with Crippen molar-refractivity contribution in [3.63, 3.8) is 0 Å². The first-order chi connectivity index (χ1) is 9.54. The van der Waals surface area contributed by atoms with E-state index < -0.39 is 0 Å². The lowest BCUT2D eigenvalue weighted by atomic mass is 10.4. The lowest BCUT2D eigenvalue weighted by molar-refractivity contribution is -0.118. The van der Waals surface area contributed by atoms with E-state index in [0.29, 0.717) is 16.3 Å². The molecule has 2 rings (SSSR count). The fourth-order valence-corrected chi connectivity index (χ4v) is 4.26. The summed E-state index contributed by atoms with van der Waals surface area (Å²) in [7, 11) is 0. The van der Waals surface area contributed by atoms with Crippen LogP contribution in [0.15, 0.2) is 4.34 Å². The number of aromatic amines is 1. The van der Waals surface area contributed by atoms with Crippen LogP contribution in [0.3, 0.4) is 0 Å². The van der Waals surface area contributed by atoms with Gasteiger partial charge in [-0.15, -0.1) is 11.3 Å². The Morgan fingerprint density at radius 1 is 1.45 bits per heavy atom. The van der Waals surface area contributed by atoms with Gasteiger partial charge in [0, 0.05) is 17.8 Å². The summed E-state index contributed by atoms with van der Waals surface area (Å²) in [6.45, 7) is 4.68. The number of nitrogens with one attached hydrogen (secondary N) is 2. The van der Waals surface area contributed by atoms with E-state index in [9.17, 15) is 4.79 Å².